The Kier molecular flexibility index (Phi) is 5.74. The fourth-order valence-corrected chi connectivity index (χ4v) is 4.54. The van der Waals surface area contributed by atoms with E-state index < -0.39 is 10.8 Å². The number of aromatic nitrogens is 3. The van der Waals surface area contributed by atoms with Crippen LogP contribution in [0.15, 0.2) is 36.7 Å². The first-order valence-corrected chi connectivity index (χ1v) is 12.1. The van der Waals surface area contributed by atoms with Gasteiger partial charge in [0.05, 0.1) is 17.8 Å². The van der Waals surface area contributed by atoms with Crippen molar-refractivity contribution in [2.45, 2.75) is 6.10 Å². The smallest absolute Gasteiger partial charge is 0.242 e. The van der Waals surface area contributed by atoms with Gasteiger partial charge in [-0.3, -0.25) is 14.1 Å². The highest BCUT2D eigenvalue weighted by molar-refractivity contribution is 8.21. The van der Waals surface area contributed by atoms with Crippen LogP contribution in [0.3, 0.4) is 0 Å². The van der Waals surface area contributed by atoms with Crippen molar-refractivity contribution in [3.05, 3.63) is 36.7 Å². The van der Waals surface area contributed by atoms with Crippen LogP contribution in [0.5, 0.6) is 17.4 Å². The van der Waals surface area contributed by atoms with Gasteiger partial charge in [-0.2, -0.15) is 0 Å². The zero-order chi connectivity index (χ0) is 22.1. The van der Waals surface area contributed by atoms with E-state index in [4.69, 9.17) is 18.9 Å². The number of rotatable bonds is 5. The Bertz CT molecular complexity index is 1130. The maximum Gasteiger partial charge on any atom is 0.242 e. The van der Waals surface area contributed by atoms with Crippen LogP contribution in [0.25, 0.3) is 22.3 Å². The molecular formula is C21H24N4O6S. The maximum atomic E-state index is 9.95. The van der Waals surface area contributed by atoms with Gasteiger partial charge in [0.2, 0.25) is 5.88 Å². The first-order chi connectivity index (χ1) is 15.5. The number of morpholine rings is 1. The van der Waals surface area contributed by atoms with E-state index in [1.807, 2.05) is 24.3 Å². The van der Waals surface area contributed by atoms with Crippen molar-refractivity contribution in [1.82, 2.24) is 19.3 Å². The summed E-state index contributed by atoms with van der Waals surface area (Å²) in [7, 11) is -2.79. The van der Waals surface area contributed by atoms with E-state index in [9.17, 15) is 9.11 Å². The predicted molar refractivity (Wildman–Crippen MR) is 119 cm³/mol. The molecule has 2 N–H and O–H groups in total. The van der Waals surface area contributed by atoms with Gasteiger partial charge in [-0.05, 0) is 24.3 Å². The fourth-order valence-electron chi connectivity index (χ4n) is 3.67. The summed E-state index contributed by atoms with van der Waals surface area (Å²) in [4.78, 5) is 13.5. The van der Waals surface area contributed by atoms with Crippen LogP contribution in [-0.2, 0) is 4.74 Å². The summed E-state index contributed by atoms with van der Waals surface area (Å²) in [6.07, 6.45) is 4.29. The molecule has 2 aliphatic rings. The average molecular weight is 461 g/mol. The quantitative estimate of drug-likeness (QED) is 0.588. The van der Waals surface area contributed by atoms with Crippen molar-refractivity contribution in [3.63, 3.8) is 0 Å². The summed E-state index contributed by atoms with van der Waals surface area (Å²) in [6.45, 7) is 2.43. The zero-order valence-corrected chi connectivity index (χ0v) is 18.3. The van der Waals surface area contributed by atoms with Gasteiger partial charge in [-0.15, -0.1) is 10.8 Å². The highest BCUT2D eigenvalue weighted by Gasteiger charge is 2.28. The van der Waals surface area contributed by atoms with E-state index in [-0.39, 0.29) is 12.7 Å². The minimum Gasteiger partial charge on any atom is -0.486 e. The van der Waals surface area contributed by atoms with Crippen LogP contribution in [0, 0.1) is 0 Å². The van der Waals surface area contributed by atoms with E-state index >= 15 is 0 Å². The number of hydrogen-bond acceptors (Lipinski definition) is 10. The molecule has 1 saturated heterocycles. The van der Waals surface area contributed by atoms with Gasteiger partial charge in [0, 0.05) is 37.3 Å². The number of benzene rings is 1. The molecule has 0 amide bonds. The molecule has 32 heavy (non-hydrogen) atoms. The normalized spacial score (nSPS) is 19.7. The van der Waals surface area contributed by atoms with Gasteiger partial charge in [-0.25, -0.2) is 14.3 Å². The molecule has 1 atom stereocenters. The molecule has 1 fully saturated rings. The lowest BCUT2D eigenvalue weighted by Gasteiger charge is -2.43. The largest absolute Gasteiger partial charge is 0.486 e. The molecule has 1 aromatic carbocycles. The van der Waals surface area contributed by atoms with Crippen molar-refractivity contribution in [1.29, 1.82) is 0 Å². The Balaban J connectivity index is 1.42. The third kappa shape index (κ3) is 4.43. The Labute approximate surface area is 186 Å². The van der Waals surface area contributed by atoms with Crippen molar-refractivity contribution >= 4 is 21.8 Å². The third-order valence-corrected chi connectivity index (χ3v) is 6.57. The van der Waals surface area contributed by atoms with Crippen LogP contribution in [0.2, 0.25) is 0 Å². The maximum absolute atomic E-state index is 9.95. The second-order valence-electron chi connectivity index (χ2n) is 7.58. The SMILES string of the molecule is CS(O)(O)N1CCOC(COc2nc(-c3ccc4c(c3)OCCO4)cc3nccnc23)C1. The molecule has 0 saturated carbocycles. The van der Waals surface area contributed by atoms with E-state index in [1.54, 1.807) is 16.7 Å². The van der Waals surface area contributed by atoms with Crippen LogP contribution >= 0.6 is 10.8 Å². The standard InChI is InChI=1S/C21H24N4O6S/c1-32(26,27)25-6-7-28-15(12-25)13-31-21-20-17(22-4-5-23-20)11-16(24-21)14-2-3-18-19(10-14)30-9-8-29-18/h2-5,10-11,15,26-27H,6-9,12-13H2,1H3. The number of pyridine rings is 1. The summed E-state index contributed by atoms with van der Waals surface area (Å²) < 4.78 is 44.6. The van der Waals surface area contributed by atoms with Crippen molar-refractivity contribution in [2.75, 3.05) is 45.8 Å². The van der Waals surface area contributed by atoms with Crippen LogP contribution < -0.4 is 14.2 Å². The number of nitrogens with zero attached hydrogens (tertiary/aromatic N) is 4. The van der Waals surface area contributed by atoms with E-state index in [1.165, 1.54) is 6.26 Å². The van der Waals surface area contributed by atoms with E-state index in [2.05, 4.69) is 15.0 Å². The molecule has 0 spiro atoms. The predicted octanol–water partition coefficient (Wildman–Crippen LogP) is 2.84. The summed E-state index contributed by atoms with van der Waals surface area (Å²) in [5.41, 5.74) is 2.70. The summed E-state index contributed by atoms with van der Waals surface area (Å²) in [5.74, 6) is 1.72. The van der Waals surface area contributed by atoms with Crippen LogP contribution in [0.1, 0.15) is 0 Å². The lowest BCUT2D eigenvalue weighted by molar-refractivity contribution is -0.0275. The second-order valence-corrected chi connectivity index (χ2v) is 9.68. The molecule has 170 valence electrons. The van der Waals surface area contributed by atoms with Crippen molar-refractivity contribution in [2.24, 2.45) is 0 Å². The topological polar surface area (TPSA) is 119 Å². The molecule has 11 heteroatoms. The molecule has 2 aromatic heterocycles. The van der Waals surface area contributed by atoms with Crippen LogP contribution in [-0.4, -0.2) is 80.2 Å². The zero-order valence-electron chi connectivity index (χ0n) is 17.5. The number of hydrogen-bond donors (Lipinski definition) is 2. The van der Waals surface area contributed by atoms with E-state index in [0.29, 0.717) is 67.0 Å². The molecule has 5 rings (SSSR count). The molecule has 0 radical (unpaired) electrons. The van der Waals surface area contributed by atoms with Gasteiger partial charge in [0.25, 0.3) is 0 Å². The van der Waals surface area contributed by atoms with Crippen molar-refractivity contribution < 1.29 is 28.1 Å². The highest BCUT2D eigenvalue weighted by atomic mass is 32.3. The molecule has 10 nitrogen and oxygen atoms in total. The van der Waals surface area contributed by atoms with Crippen molar-refractivity contribution in [3.8, 4) is 28.6 Å². The minimum absolute atomic E-state index is 0.190. The van der Waals surface area contributed by atoms with Gasteiger partial charge < -0.3 is 18.9 Å². The molecule has 0 bridgehead atoms. The molecule has 3 aromatic rings. The molecule has 1 unspecified atom stereocenters. The number of ether oxygens (including phenoxy) is 4. The van der Waals surface area contributed by atoms with E-state index in [0.717, 1.165) is 5.56 Å². The summed E-state index contributed by atoms with van der Waals surface area (Å²) in [5, 5.41) is 0. The Hall–Kier alpha value is -2.70. The second kappa shape index (κ2) is 8.68. The highest BCUT2D eigenvalue weighted by Crippen LogP contribution is 2.40. The molecular weight excluding hydrogens is 436 g/mol. The Morgan fingerprint density at radius 3 is 2.75 bits per heavy atom. The van der Waals surface area contributed by atoms with Gasteiger partial charge in [0.15, 0.2) is 17.0 Å². The van der Waals surface area contributed by atoms with Gasteiger partial charge in [0.1, 0.15) is 25.9 Å². The summed E-state index contributed by atoms with van der Waals surface area (Å²) >= 11 is 0. The lowest BCUT2D eigenvalue weighted by atomic mass is 10.1. The molecule has 4 heterocycles. The average Bonchev–Trinajstić information content (AvgIpc) is 2.81. The lowest BCUT2D eigenvalue weighted by Crippen LogP contribution is -2.45. The first kappa shape index (κ1) is 21.2. The third-order valence-electron chi connectivity index (χ3n) is 5.26. The monoisotopic (exact) mass is 460 g/mol. The molecule has 0 aliphatic carbocycles. The van der Waals surface area contributed by atoms with Crippen LogP contribution in [0.4, 0.5) is 0 Å². The molecule has 2 aliphatic heterocycles. The van der Waals surface area contributed by atoms with Gasteiger partial charge in [-0.1, -0.05) is 0 Å². The minimum atomic E-state index is -2.79. The first-order valence-electron chi connectivity index (χ1n) is 10.2. The number of fused-ring (bicyclic) bond motifs is 2. The van der Waals surface area contributed by atoms with Gasteiger partial charge >= 0.3 is 0 Å². The Morgan fingerprint density at radius 1 is 1.09 bits per heavy atom. The fraction of sp³-hybridized carbons (Fsp3) is 0.381. The Morgan fingerprint density at radius 2 is 1.91 bits per heavy atom. The summed E-state index contributed by atoms with van der Waals surface area (Å²) in [6, 6.07) is 7.51.